The predicted octanol–water partition coefficient (Wildman–Crippen LogP) is 3.15. The zero-order valence-electron chi connectivity index (χ0n) is 11.5. The molecule has 0 N–H and O–H groups in total. The van der Waals surface area contributed by atoms with Crippen LogP contribution in [-0.4, -0.2) is 17.6 Å². The molecule has 2 aliphatic rings. The number of rotatable bonds is 2. The maximum atomic E-state index is 13.0. The minimum Gasteiger partial charge on any atom is -0.349 e. The molecule has 1 fully saturated rings. The summed E-state index contributed by atoms with van der Waals surface area (Å²) in [6.45, 7) is 0.590. The number of hydrogen-bond acceptors (Lipinski definition) is 3. The van der Waals surface area contributed by atoms with E-state index in [1.807, 2.05) is 59.5 Å². The fourth-order valence-electron chi connectivity index (χ4n) is 3.06. The summed E-state index contributed by atoms with van der Waals surface area (Å²) in [7, 11) is 0. The largest absolute Gasteiger partial charge is 0.349 e. The zero-order valence-corrected chi connectivity index (χ0v) is 12.3. The molecule has 1 atom stereocenters. The highest BCUT2D eigenvalue weighted by molar-refractivity contribution is 7.99. The van der Waals surface area contributed by atoms with E-state index in [4.69, 9.17) is 4.74 Å². The second-order valence-corrected chi connectivity index (χ2v) is 6.26. The van der Waals surface area contributed by atoms with Crippen molar-refractivity contribution in [2.24, 2.45) is 0 Å². The number of amides is 1. The van der Waals surface area contributed by atoms with E-state index >= 15 is 0 Å². The molecule has 0 aromatic heterocycles. The van der Waals surface area contributed by atoms with Crippen LogP contribution in [0.5, 0.6) is 0 Å². The molecule has 1 amide bonds. The zero-order chi connectivity index (χ0) is 14.3. The normalized spacial score (nSPS) is 23.8. The van der Waals surface area contributed by atoms with E-state index in [2.05, 4.69) is 0 Å². The predicted molar refractivity (Wildman–Crippen MR) is 84.2 cm³/mol. The van der Waals surface area contributed by atoms with E-state index in [0.29, 0.717) is 18.2 Å². The molecular weight excluding hydrogens is 282 g/mol. The Hall–Kier alpha value is -1.78. The van der Waals surface area contributed by atoms with Gasteiger partial charge in [-0.1, -0.05) is 48.5 Å². The number of ether oxygens (including phenoxy) is 1. The SMILES string of the molecule is O=C1N(Cc2ccccc2)c2ccccc2C12CSCO2. The molecule has 0 radical (unpaired) electrons. The van der Waals surface area contributed by atoms with E-state index in [1.165, 1.54) is 0 Å². The smallest absolute Gasteiger partial charge is 0.265 e. The molecular formula is C17H15NO2S. The highest BCUT2D eigenvalue weighted by Gasteiger charge is 2.54. The van der Waals surface area contributed by atoms with E-state index in [0.717, 1.165) is 16.8 Å². The van der Waals surface area contributed by atoms with Crippen molar-refractivity contribution >= 4 is 23.4 Å². The summed E-state index contributed by atoms with van der Waals surface area (Å²) >= 11 is 1.68. The molecule has 106 valence electrons. The molecule has 3 nitrogen and oxygen atoms in total. The van der Waals surface area contributed by atoms with Crippen LogP contribution in [0, 0.1) is 0 Å². The number of para-hydroxylation sites is 1. The van der Waals surface area contributed by atoms with Gasteiger partial charge in [0, 0.05) is 11.3 Å². The molecule has 2 heterocycles. The number of nitrogens with zero attached hydrogens (tertiary/aromatic N) is 1. The van der Waals surface area contributed by atoms with Crippen LogP contribution in [0.25, 0.3) is 0 Å². The second-order valence-electron chi connectivity index (χ2n) is 5.33. The second kappa shape index (κ2) is 4.90. The lowest BCUT2D eigenvalue weighted by Gasteiger charge is -2.22. The monoisotopic (exact) mass is 297 g/mol. The Balaban J connectivity index is 1.77. The lowest BCUT2D eigenvalue weighted by Crippen LogP contribution is -2.41. The Labute approximate surface area is 127 Å². The van der Waals surface area contributed by atoms with Gasteiger partial charge in [0.25, 0.3) is 5.91 Å². The quantitative estimate of drug-likeness (QED) is 0.853. The Morgan fingerprint density at radius 2 is 1.86 bits per heavy atom. The minimum absolute atomic E-state index is 0.0672. The molecule has 2 aliphatic heterocycles. The standard InChI is InChI=1S/C17H15NO2S/c19-16-17(11-21-12-20-17)14-8-4-5-9-15(14)18(16)10-13-6-2-1-3-7-13/h1-9H,10-12H2. The van der Waals surface area contributed by atoms with Gasteiger partial charge in [0.15, 0.2) is 5.60 Å². The topological polar surface area (TPSA) is 29.5 Å². The number of hydrogen-bond donors (Lipinski definition) is 0. The molecule has 2 aromatic carbocycles. The minimum atomic E-state index is -0.768. The fourth-order valence-corrected chi connectivity index (χ4v) is 4.08. The number of anilines is 1. The first-order valence-corrected chi connectivity index (χ1v) is 8.14. The molecule has 0 bridgehead atoms. The summed E-state index contributed by atoms with van der Waals surface area (Å²) in [4.78, 5) is 14.8. The third-order valence-corrected chi connectivity index (χ3v) is 4.99. The van der Waals surface area contributed by atoms with E-state index < -0.39 is 5.60 Å². The Morgan fingerprint density at radius 1 is 1.10 bits per heavy atom. The van der Waals surface area contributed by atoms with Crippen LogP contribution in [0.2, 0.25) is 0 Å². The van der Waals surface area contributed by atoms with Gasteiger partial charge in [-0.05, 0) is 11.6 Å². The molecule has 4 rings (SSSR count). The number of carbonyl (C=O) groups is 1. The first-order chi connectivity index (χ1) is 10.3. The first kappa shape index (κ1) is 12.9. The van der Waals surface area contributed by atoms with Gasteiger partial charge >= 0.3 is 0 Å². The average Bonchev–Trinajstić information content (AvgIpc) is 3.11. The third kappa shape index (κ3) is 1.90. The van der Waals surface area contributed by atoms with Gasteiger partial charge in [-0.2, -0.15) is 0 Å². The highest BCUT2D eigenvalue weighted by Crippen LogP contribution is 2.48. The van der Waals surface area contributed by atoms with E-state index in [-0.39, 0.29) is 5.91 Å². The lowest BCUT2D eigenvalue weighted by molar-refractivity contribution is -0.136. The highest BCUT2D eigenvalue weighted by atomic mass is 32.2. The van der Waals surface area contributed by atoms with Crippen molar-refractivity contribution in [3.8, 4) is 0 Å². The molecule has 1 spiro atoms. The van der Waals surface area contributed by atoms with Gasteiger partial charge in [-0.3, -0.25) is 4.79 Å². The van der Waals surface area contributed by atoms with Gasteiger partial charge in [0.1, 0.15) is 0 Å². The van der Waals surface area contributed by atoms with Crippen molar-refractivity contribution in [3.05, 3.63) is 65.7 Å². The summed E-state index contributed by atoms with van der Waals surface area (Å²) in [6, 6.07) is 18.1. The third-order valence-electron chi connectivity index (χ3n) is 4.10. The summed E-state index contributed by atoms with van der Waals surface area (Å²) < 4.78 is 5.88. The maximum absolute atomic E-state index is 13.0. The molecule has 2 aromatic rings. The van der Waals surface area contributed by atoms with Crippen molar-refractivity contribution in [2.75, 3.05) is 16.6 Å². The van der Waals surface area contributed by atoms with E-state index in [9.17, 15) is 4.79 Å². The van der Waals surface area contributed by atoms with Crippen LogP contribution in [0.3, 0.4) is 0 Å². The van der Waals surface area contributed by atoms with Gasteiger partial charge in [0.2, 0.25) is 0 Å². The molecule has 1 unspecified atom stereocenters. The summed E-state index contributed by atoms with van der Waals surface area (Å²) in [6.07, 6.45) is 0. The molecule has 4 heteroatoms. The van der Waals surface area contributed by atoms with E-state index in [1.54, 1.807) is 11.8 Å². The van der Waals surface area contributed by atoms with Crippen molar-refractivity contribution in [2.45, 2.75) is 12.1 Å². The van der Waals surface area contributed by atoms with Crippen molar-refractivity contribution < 1.29 is 9.53 Å². The molecule has 1 saturated heterocycles. The van der Waals surface area contributed by atoms with Gasteiger partial charge in [0.05, 0.1) is 18.2 Å². The first-order valence-electron chi connectivity index (χ1n) is 6.98. The van der Waals surface area contributed by atoms with Crippen LogP contribution >= 0.6 is 11.8 Å². The summed E-state index contributed by atoms with van der Waals surface area (Å²) in [5.74, 6) is 1.35. The van der Waals surface area contributed by atoms with Gasteiger partial charge in [-0.15, -0.1) is 11.8 Å². The van der Waals surface area contributed by atoms with Crippen LogP contribution in [-0.2, 0) is 21.7 Å². The number of carbonyl (C=O) groups excluding carboxylic acids is 1. The summed E-state index contributed by atoms with van der Waals surface area (Å²) in [5.41, 5.74) is 2.35. The van der Waals surface area contributed by atoms with Crippen LogP contribution in [0.1, 0.15) is 11.1 Å². The Morgan fingerprint density at radius 3 is 2.62 bits per heavy atom. The Bertz CT molecular complexity index is 680. The molecule has 0 saturated carbocycles. The number of thioether (sulfide) groups is 1. The maximum Gasteiger partial charge on any atom is 0.265 e. The van der Waals surface area contributed by atoms with Gasteiger partial charge in [-0.25, -0.2) is 0 Å². The van der Waals surface area contributed by atoms with Crippen LogP contribution in [0.4, 0.5) is 5.69 Å². The Kier molecular flexibility index (Phi) is 3.01. The fraction of sp³-hybridized carbons (Fsp3) is 0.235. The molecule has 21 heavy (non-hydrogen) atoms. The lowest BCUT2D eigenvalue weighted by atomic mass is 9.97. The van der Waals surface area contributed by atoms with Crippen molar-refractivity contribution in [3.63, 3.8) is 0 Å². The summed E-state index contributed by atoms with van der Waals surface area (Å²) in [5, 5.41) is 0. The number of benzene rings is 2. The molecule has 0 aliphatic carbocycles. The van der Waals surface area contributed by atoms with Crippen molar-refractivity contribution in [1.29, 1.82) is 0 Å². The van der Waals surface area contributed by atoms with Gasteiger partial charge < -0.3 is 9.64 Å². The number of fused-ring (bicyclic) bond motifs is 2. The van der Waals surface area contributed by atoms with Crippen LogP contribution < -0.4 is 4.90 Å². The van der Waals surface area contributed by atoms with Crippen LogP contribution in [0.15, 0.2) is 54.6 Å². The average molecular weight is 297 g/mol. The van der Waals surface area contributed by atoms with Crippen molar-refractivity contribution in [1.82, 2.24) is 0 Å².